The molecule has 1 aromatic heterocycles. The number of nitrogens with zero attached hydrogens (tertiary/aromatic N) is 3. The van der Waals surface area contributed by atoms with Crippen molar-refractivity contribution in [2.45, 2.75) is 120 Å². The molecule has 0 bridgehead atoms. The van der Waals surface area contributed by atoms with Gasteiger partial charge in [0.1, 0.15) is 22.2 Å². The van der Waals surface area contributed by atoms with E-state index in [9.17, 15) is 5.11 Å². The summed E-state index contributed by atoms with van der Waals surface area (Å²) in [6.07, 6.45) is 13.9. The number of unbranched alkanes of at least 4 members (excludes halogenated alkanes) is 6. The fourth-order valence-electron chi connectivity index (χ4n) is 5.54. The van der Waals surface area contributed by atoms with Gasteiger partial charge < -0.3 is 5.11 Å². The summed E-state index contributed by atoms with van der Waals surface area (Å²) in [5.41, 5.74) is -0.432. The minimum atomic E-state index is -1.20. The highest BCUT2D eigenvalue weighted by Crippen LogP contribution is 2.57. The molecular weight excluding hydrogens is 453 g/mol. The molecule has 1 aliphatic rings. The number of allylic oxidation sites excluding steroid dienone is 1. The molecule has 184 valence electrons. The van der Waals surface area contributed by atoms with Gasteiger partial charge in [-0.05, 0) is 37.5 Å². The Hall–Kier alpha value is -1.10. The Morgan fingerprint density at radius 1 is 0.848 bits per heavy atom. The molecule has 0 saturated heterocycles. The molecule has 2 aromatic rings. The second-order valence-electron chi connectivity index (χ2n) is 9.87. The van der Waals surface area contributed by atoms with E-state index >= 15 is 0 Å². The average molecular weight is 495 g/mol. The van der Waals surface area contributed by atoms with E-state index in [-0.39, 0.29) is 0 Å². The third-order valence-electron chi connectivity index (χ3n) is 7.43. The predicted octanol–water partition coefficient (Wildman–Crippen LogP) is 8.10. The van der Waals surface area contributed by atoms with Crippen LogP contribution in [0.5, 0.6) is 0 Å². The molecule has 0 amide bonds. The van der Waals surface area contributed by atoms with Crippen LogP contribution in [0.15, 0.2) is 35.4 Å². The third-order valence-corrected chi connectivity index (χ3v) is 8.30. The molecule has 33 heavy (non-hydrogen) atoms. The standard InChI is InChI=1S/C27H41Cl2N3O/c1-4-7-12-17-25(29)20-22(28)21-26(18-13-8-5-2,27(25,33)19-14-9-6-3)32-30-23-15-10-11-16-24(23)31-32/h10-11,15-16,21,33H,4-9,12-14,17-20H2,1-3H3. The van der Waals surface area contributed by atoms with Gasteiger partial charge in [0.2, 0.25) is 0 Å². The molecule has 3 atom stereocenters. The summed E-state index contributed by atoms with van der Waals surface area (Å²) in [5, 5.41) is 23.3. The monoisotopic (exact) mass is 493 g/mol. The van der Waals surface area contributed by atoms with Crippen molar-refractivity contribution in [2.24, 2.45) is 0 Å². The Balaban J connectivity index is 2.19. The van der Waals surface area contributed by atoms with Crippen molar-refractivity contribution in [1.82, 2.24) is 15.0 Å². The van der Waals surface area contributed by atoms with Crippen LogP contribution in [0, 0.1) is 0 Å². The molecule has 0 spiro atoms. The maximum Gasteiger partial charge on any atom is 0.132 e. The molecule has 0 saturated carbocycles. The third kappa shape index (κ3) is 5.28. The molecule has 4 nitrogen and oxygen atoms in total. The maximum absolute atomic E-state index is 12.8. The quantitative estimate of drug-likeness (QED) is 0.226. The molecule has 0 aliphatic heterocycles. The number of aromatic nitrogens is 3. The number of benzene rings is 1. The van der Waals surface area contributed by atoms with Crippen molar-refractivity contribution >= 4 is 34.2 Å². The number of fused-ring (bicyclic) bond motifs is 1. The van der Waals surface area contributed by atoms with Crippen LogP contribution < -0.4 is 0 Å². The number of aliphatic hydroxyl groups is 1. The van der Waals surface area contributed by atoms with Crippen LogP contribution in [-0.4, -0.2) is 30.6 Å². The molecule has 0 fully saturated rings. The summed E-state index contributed by atoms with van der Waals surface area (Å²) in [6.45, 7) is 6.57. The van der Waals surface area contributed by atoms with E-state index in [2.05, 4.69) is 20.8 Å². The summed E-state index contributed by atoms with van der Waals surface area (Å²) >= 11 is 14.3. The van der Waals surface area contributed by atoms with Gasteiger partial charge in [-0.2, -0.15) is 15.0 Å². The van der Waals surface area contributed by atoms with Crippen LogP contribution in [0.3, 0.4) is 0 Å². The molecule has 6 heteroatoms. The van der Waals surface area contributed by atoms with Crippen LogP contribution in [0.1, 0.15) is 104 Å². The van der Waals surface area contributed by atoms with Gasteiger partial charge >= 0.3 is 0 Å². The molecule has 0 radical (unpaired) electrons. The van der Waals surface area contributed by atoms with Crippen molar-refractivity contribution in [2.75, 3.05) is 0 Å². The van der Waals surface area contributed by atoms with Crippen LogP contribution in [0.25, 0.3) is 11.0 Å². The van der Waals surface area contributed by atoms with Gasteiger partial charge in [0.05, 0.1) is 4.87 Å². The lowest BCUT2D eigenvalue weighted by Crippen LogP contribution is -2.67. The first-order chi connectivity index (χ1) is 15.9. The van der Waals surface area contributed by atoms with Crippen molar-refractivity contribution in [3.05, 3.63) is 35.4 Å². The Morgan fingerprint density at radius 2 is 1.36 bits per heavy atom. The van der Waals surface area contributed by atoms with Gasteiger partial charge in [-0.25, -0.2) is 0 Å². The van der Waals surface area contributed by atoms with E-state index in [4.69, 9.17) is 33.4 Å². The molecule has 3 unspecified atom stereocenters. The minimum absolute atomic E-state index is 0.485. The van der Waals surface area contributed by atoms with Gasteiger partial charge in [-0.1, -0.05) is 102 Å². The number of hydrogen-bond donors (Lipinski definition) is 1. The van der Waals surface area contributed by atoms with E-state index in [1.165, 1.54) is 0 Å². The lowest BCUT2D eigenvalue weighted by molar-refractivity contribution is -0.115. The van der Waals surface area contributed by atoms with Crippen molar-refractivity contribution in [1.29, 1.82) is 0 Å². The van der Waals surface area contributed by atoms with Gasteiger partial charge in [0.15, 0.2) is 0 Å². The average Bonchev–Trinajstić information content (AvgIpc) is 3.22. The normalized spacial score (nSPS) is 27.8. The second-order valence-corrected chi connectivity index (χ2v) is 11.1. The van der Waals surface area contributed by atoms with E-state index in [0.29, 0.717) is 24.3 Å². The summed E-state index contributed by atoms with van der Waals surface area (Å²) in [5.74, 6) is 0. The zero-order valence-electron chi connectivity index (χ0n) is 20.6. The molecular formula is C27H41Cl2N3O. The second kappa shape index (κ2) is 11.6. The number of alkyl halides is 1. The topological polar surface area (TPSA) is 50.9 Å². The van der Waals surface area contributed by atoms with E-state index in [1.807, 2.05) is 30.3 Å². The molecule has 1 aromatic carbocycles. The van der Waals surface area contributed by atoms with Crippen LogP contribution in [-0.2, 0) is 5.54 Å². The highest BCUT2D eigenvalue weighted by Gasteiger charge is 2.64. The summed E-state index contributed by atoms with van der Waals surface area (Å²) in [4.78, 5) is 0.908. The van der Waals surface area contributed by atoms with Gasteiger partial charge in [0.25, 0.3) is 0 Å². The number of hydrogen-bond acceptors (Lipinski definition) is 3. The van der Waals surface area contributed by atoms with Gasteiger partial charge in [-0.3, -0.25) is 0 Å². The smallest absolute Gasteiger partial charge is 0.132 e. The summed E-state index contributed by atoms with van der Waals surface area (Å²) < 4.78 is 0. The van der Waals surface area contributed by atoms with Crippen molar-refractivity contribution in [3.8, 4) is 0 Å². The Bertz CT molecular complexity index is 896. The van der Waals surface area contributed by atoms with E-state index in [1.54, 1.807) is 4.80 Å². The molecule has 3 rings (SSSR count). The highest BCUT2D eigenvalue weighted by molar-refractivity contribution is 6.32. The fourth-order valence-corrected chi connectivity index (χ4v) is 6.55. The highest BCUT2D eigenvalue weighted by atomic mass is 35.5. The first kappa shape index (κ1) is 26.5. The molecule has 1 heterocycles. The maximum atomic E-state index is 12.8. The van der Waals surface area contributed by atoms with Gasteiger partial charge in [-0.15, -0.1) is 11.6 Å². The van der Waals surface area contributed by atoms with E-state index < -0.39 is 16.0 Å². The zero-order chi connectivity index (χ0) is 24.0. The van der Waals surface area contributed by atoms with Crippen LogP contribution in [0.2, 0.25) is 0 Å². The summed E-state index contributed by atoms with van der Waals surface area (Å²) in [7, 11) is 0. The number of rotatable bonds is 13. The lowest BCUT2D eigenvalue weighted by atomic mass is 9.61. The molecule has 1 aliphatic carbocycles. The Morgan fingerprint density at radius 3 is 1.91 bits per heavy atom. The SMILES string of the molecule is CCCCCC1(Cl)CC(Cl)=CC(CCCCC)(n2nc3ccccc3n2)C1(O)CCCCC. The lowest BCUT2D eigenvalue weighted by Gasteiger charge is -2.56. The predicted molar refractivity (Wildman–Crippen MR) is 140 cm³/mol. The van der Waals surface area contributed by atoms with Crippen molar-refractivity contribution in [3.63, 3.8) is 0 Å². The fraction of sp³-hybridized carbons (Fsp3) is 0.704. The van der Waals surface area contributed by atoms with Crippen molar-refractivity contribution < 1.29 is 5.11 Å². The molecule has 1 N–H and O–H groups in total. The summed E-state index contributed by atoms with van der Waals surface area (Å²) in [6, 6.07) is 7.88. The Kier molecular flexibility index (Phi) is 9.28. The van der Waals surface area contributed by atoms with Crippen LogP contribution >= 0.6 is 23.2 Å². The minimum Gasteiger partial charge on any atom is -0.385 e. The number of halogens is 2. The van der Waals surface area contributed by atoms with E-state index in [0.717, 1.165) is 75.2 Å². The first-order valence-electron chi connectivity index (χ1n) is 13.0. The zero-order valence-corrected chi connectivity index (χ0v) is 22.1. The Labute approximate surface area is 209 Å². The van der Waals surface area contributed by atoms with Gasteiger partial charge in [0, 0.05) is 11.5 Å². The first-order valence-corrected chi connectivity index (χ1v) is 13.7. The largest absolute Gasteiger partial charge is 0.385 e. The van der Waals surface area contributed by atoms with Crippen LogP contribution in [0.4, 0.5) is 0 Å².